The Balaban J connectivity index is 1.65. The van der Waals surface area contributed by atoms with E-state index in [1.807, 2.05) is 65.0 Å². The van der Waals surface area contributed by atoms with Crippen LogP contribution in [0, 0.1) is 0 Å². The Hall–Kier alpha value is -3.08. The van der Waals surface area contributed by atoms with Crippen molar-refractivity contribution in [3.63, 3.8) is 0 Å². The highest BCUT2D eigenvalue weighted by Gasteiger charge is 2.39. The fourth-order valence-electron chi connectivity index (χ4n) is 5.40. The van der Waals surface area contributed by atoms with Gasteiger partial charge >= 0.3 is 0 Å². The number of fused-ring (bicyclic) bond motifs is 1. The van der Waals surface area contributed by atoms with Gasteiger partial charge in [0.1, 0.15) is 25.7 Å². The van der Waals surface area contributed by atoms with Crippen molar-refractivity contribution in [2.24, 2.45) is 0 Å². The van der Waals surface area contributed by atoms with Gasteiger partial charge in [-0.3, -0.25) is 24.0 Å². The second kappa shape index (κ2) is 9.91. The minimum atomic E-state index is -0.193. The molecule has 0 radical (unpaired) electrons. The third-order valence-electron chi connectivity index (χ3n) is 7.43. The van der Waals surface area contributed by atoms with Crippen molar-refractivity contribution in [2.45, 2.75) is 43.0 Å². The number of likely N-dealkylation sites (N-methyl/N-ethyl adjacent to an activating group) is 1. The summed E-state index contributed by atoms with van der Waals surface area (Å²) in [5, 5.41) is 1.28. The molecule has 1 saturated carbocycles. The number of thioether (sulfide) groups is 1. The number of benzene rings is 2. The summed E-state index contributed by atoms with van der Waals surface area (Å²) in [6.07, 6.45) is 5.16. The third-order valence-corrected chi connectivity index (χ3v) is 10.4. The molecule has 1 saturated heterocycles. The number of amides is 1. The first-order chi connectivity index (χ1) is 18.4. The number of thiocarbonyl (C=S) groups is 1. The highest BCUT2D eigenvalue weighted by atomic mass is 32.2. The number of anilines is 2. The average molecular weight is 565 g/mol. The molecule has 1 aliphatic carbocycles. The maximum absolute atomic E-state index is 14.3. The monoisotopic (exact) mass is 564 g/mol. The number of aromatic nitrogens is 1. The summed E-state index contributed by atoms with van der Waals surface area (Å²) < 4.78 is 8.65. The van der Waals surface area contributed by atoms with E-state index in [2.05, 4.69) is 4.90 Å². The number of rotatable bonds is 3. The first kappa shape index (κ1) is 25.2. The highest BCUT2D eigenvalue weighted by Crippen LogP contribution is 2.46. The number of ether oxygens (including phenoxy) is 1. The van der Waals surface area contributed by atoms with Crippen LogP contribution in [0.3, 0.4) is 0 Å². The van der Waals surface area contributed by atoms with Gasteiger partial charge in [0.15, 0.2) is 5.11 Å². The number of hydrogen-bond donors (Lipinski definition) is 0. The van der Waals surface area contributed by atoms with Gasteiger partial charge in [-0.15, -0.1) is 11.3 Å². The summed E-state index contributed by atoms with van der Waals surface area (Å²) in [4.78, 5) is 34.4. The zero-order valence-corrected chi connectivity index (χ0v) is 23.9. The molecule has 0 spiro atoms. The minimum absolute atomic E-state index is 0.0418. The Morgan fingerprint density at radius 2 is 1.71 bits per heavy atom. The van der Waals surface area contributed by atoms with Crippen LogP contribution in [-0.2, 0) is 4.79 Å². The zero-order valence-electron chi connectivity index (χ0n) is 21.5. The number of para-hydroxylation sites is 1. The molecule has 7 nitrogen and oxygen atoms in total. The van der Waals surface area contributed by atoms with Crippen LogP contribution in [0.4, 0.5) is 11.4 Å². The molecule has 10 heteroatoms. The van der Waals surface area contributed by atoms with Crippen LogP contribution < -0.4 is 29.3 Å². The Kier molecular flexibility index (Phi) is 6.57. The number of nitrogens with zero attached hydrogens (tertiary/aromatic N) is 4. The summed E-state index contributed by atoms with van der Waals surface area (Å²) in [6.45, 7) is 0. The van der Waals surface area contributed by atoms with E-state index in [4.69, 9.17) is 17.0 Å². The molecule has 6 rings (SSSR count). The highest BCUT2D eigenvalue weighted by molar-refractivity contribution is 8.08. The molecular formula is C28H28N4O3S3. The summed E-state index contributed by atoms with van der Waals surface area (Å²) in [6, 6.07) is 15.7. The lowest BCUT2D eigenvalue weighted by Gasteiger charge is -2.24. The largest absolute Gasteiger partial charge is 0.497 e. The number of hydrogen-bond acceptors (Lipinski definition) is 7. The van der Waals surface area contributed by atoms with E-state index in [-0.39, 0.29) is 17.5 Å². The van der Waals surface area contributed by atoms with Gasteiger partial charge < -0.3 is 9.64 Å². The normalized spacial score (nSPS) is 21.0. The van der Waals surface area contributed by atoms with Gasteiger partial charge in [0, 0.05) is 36.8 Å². The van der Waals surface area contributed by atoms with Crippen molar-refractivity contribution in [1.82, 2.24) is 9.47 Å². The van der Waals surface area contributed by atoms with Crippen LogP contribution in [0.2, 0.25) is 0 Å². The second-order valence-electron chi connectivity index (χ2n) is 9.67. The third kappa shape index (κ3) is 3.97. The molecule has 3 aromatic rings. The Labute approximate surface area is 234 Å². The molecule has 2 aliphatic heterocycles. The van der Waals surface area contributed by atoms with Crippen molar-refractivity contribution < 1.29 is 9.53 Å². The molecule has 2 aromatic carbocycles. The molecular weight excluding hydrogens is 537 g/mol. The number of carbonyl (C=O) groups excluding carboxylic acids is 1. The summed E-state index contributed by atoms with van der Waals surface area (Å²) >= 11 is 8.71. The standard InChI is InChI=1S/C28H28N4O3S3/c1-29-20-16-19(35-3)14-15-21(20)37-27(29)23-25(34)32(18-12-8-5-9-13-18)26(38-23)22-24(33)30(2)28(36)31(22)17-10-6-4-7-11-17/h4,6-7,10-11,14-16,18H,5,8-9,12-13H2,1-3H3. The van der Waals surface area contributed by atoms with Crippen LogP contribution in [0.15, 0.2) is 58.2 Å². The topological polar surface area (TPSA) is 58.0 Å². The fraction of sp³-hybridized carbons (Fsp3) is 0.321. The maximum atomic E-state index is 14.3. The molecule has 3 aliphatic rings. The predicted octanol–water partition coefficient (Wildman–Crippen LogP) is 4.10. The van der Waals surface area contributed by atoms with Crippen molar-refractivity contribution in [3.05, 3.63) is 68.1 Å². The van der Waals surface area contributed by atoms with Gasteiger partial charge in [-0.2, -0.15) is 0 Å². The van der Waals surface area contributed by atoms with E-state index in [0.29, 0.717) is 20.0 Å². The van der Waals surface area contributed by atoms with E-state index in [0.717, 1.165) is 52.7 Å². The van der Waals surface area contributed by atoms with Crippen molar-refractivity contribution in [3.8, 4) is 5.75 Å². The van der Waals surface area contributed by atoms with Crippen LogP contribution >= 0.6 is 35.3 Å². The van der Waals surface area contributed by atoms with Gasteiger partial charge in [0.05, 0.1) is 12.8 Å². The van der Waals surface area contributed by atoms with E-state index < -0.39 is 0 Å². The van der Waals surface area contributed by atoms with Crippen molar-refractivity contribution in [2.75, 3.05) is 31.0 Å². The summed E-state index contributed by atoms with van der Waals surface area (Å²) in [7, 11) is 5.33. The minimum Gasteiger partial charge on any atom is -0.497 e. The molecule has 3 heterocycles. The van der Waals surface area contributed by atoms with Crippen molar-refractivity contribution >= 4 is 68.4 Å². The SMILES string of the molecule is COc1ccc2c(c1)N(C)C(=c1sc(=C3C(=O)N(C)C(=S)N3c3ccccc3)n(C3CCCCC3)c1=O)S2. The molecule has 0 unspecified atom stereocenters. The molecule has 0 N–H and O–H groups in total. The molecule has 38 heavy (non-hydrogen) atoms. The van der Waals surface area contributed by atoms with E-state index >= 15 is 0 Å². The van der Waals surface area contributed by atoms with Crippen LogP contribution in [-0.4, -0.2) is 41.7 Å². The van der Waals surface area contributed by atoms with Gasteiger partial charge in [0.2, 0.25) is 0 Å². The van der Waals surface area contributed by atoms with E-state index in [9.17, 15) is 9.59 Å². The number of carbonyl (C=O) groups is 1. The molecule has 0 atom stereocenters. The van der Waals surface area contributed by atoms with Gasteiger partial charge in [-0.25, -0.2) is 0 Å². The molecule has 1 aromatic heterocycles. The summed E-state index contributed by atoms with van der Waals surface area (Å²) in [5.74, 6) is 0.577. The number of thiazole rings is 1. The van der Waals surface area contributed by atoms with Crippen LogP contribution in [0.5, 0.6) is 5.75 Å². The molecule has 0 bridgehead atoms. The molecule has 2 fully saturated rings. The van der Waals surface area contributed by atoms with Gasteiger partial charge in [-0.1, -0.05) is 49.2 Å². The fourth-order valence-corrected chi connectivity index (χ4v) is 8.20. The maximum Gasteiger partial charge on any atom is 0.279 e. The second-order valence-corrected chi connectivity index (χ2v) is 12.1. The zero-order chi connectivity index (χ0) is 26.6. The van der Waals surface area contributed by atoms with E-state index in [1.54, 1.807) is 25.9 Å². The van der Waals surface area contributed by atoms with Gasteiger partial charge in [-0.05, 0) is 49.3 Å². The van der Waals surface area contributed by atoms with Crippen LogP contribution in [0.1, 0.15) is 38.1 Å². The summed E-state index contributed by atoms with van der Waals surface area (Å²) in [5.41, 5.74) is 2.22. The predicted molar refractivity (Wildman–Crippen MR) is 158 cm³/mol. The number of methoxy groups -OCH3 is 1. The lowest BCUT2D eigenvalue weighted by atomic mass is 9.95. The first-order valence-corrected chi connectivity index (χ1v) is 14.7. The van der Waals surface area contributed by atoms with Crippen molar-refractivity contribution in [1.29, 1.82) is 0 Å². The van der Waals surface area contributed by atoms with Crippen LogP contribution in [0.25, 0.3) is 10.7 Å². The lowest BCUT2D eigenvalue weighted by molar-refractivity contribution is -0.119. The van der Waals surface area contributed by atoms with Gasteiger partial charge in [0.25, 0.3) is 11.5 Å². The first-order valence-electron chi connectivity index (χ1n) is 12.7. The Morgan fingerprint density at radius 3 is 2.42 bits per heavy atom. The average Bonchev–Trinajstić information content (AvgIpc) is 3.53. The smallest absolute Gasteiger partial charge is 0.279 e. The Morgan fingerprint density at radius 1 is 0.974 bits per heavy atom. The molecule has 196 valence electrons. The lowest BCUT2D eigenvalue weighted by Crippen LogP contribution is -2.39. The molecule has 1 amide bonds. The van der Waals surface area contributed by atoms with E-state index in [1.165, 1.54) is 22.7 Å². The quantitative estimate of drug-likeness (QED) is 0.444. The Bertz CT molecular complexity index is 1620.